The third-order valence-corrected chi connectivity index (χ3v) is 8.06. The van der Waals surface area contributed by atoms with Crippen LogP contribution in [-0.2, 0) is 9.53 Å². The van der Waals surface area contributed by atoms with Gasteiger partial charge in [-0.3, -0.25) is 4.79 Å². The van der Waals surface area contributed by atoms with Crippen molar-refractivity contribution in [3.05, 3.63) is 0 Å². The van der Waals surface area contributed by atoms with Crippen molar-refractivity contribution in [3.8, 4) is 0 Å². The summed E-state index contributed by atoms with van der Waals surface area (Å²) in [5, 5.41) is 9.20. The third-order valence-electron chi connectivity index (χ3n) is 8.06. The number of hydrogen-bond donors (Lipinski definition) is 1. The highest BCUT2D eigenvalue weighted by atomic mass is 16.5. The van der Waals surface area contributed by atoms with E-state index < -0.39 is 6.09 Å². The van der Waals surface area contributed by atoms with Gasteiger partial charge >= 0.3 is 6.09 Å². The molecule has 2 saturated heterocycles. The smallest absolute Gasteiger partial charge is 0.407 e. The molecule has 2 saturated carbocycles. The minimum absolute atomic E-state index is 0.109. The van der Waals surface area contributed by atoms with Crippen molar-refractivity contribution in [2.75, 3.05) is 39.8 Å². The van der Waals surface area contributed by atoms with Crippen LogP contribution in [0.3, 0.4) is 0 Å². The fraction of sp³-hybridized carbons (Fsp3) is 0.905. The first-order valence-corrected chi connectivity index (χ1v) is 10.9. The van der Waals surface area contributed by atoms with E-state index in [2.05, 4.69) is 9.80 Å². The number of ether oxygens (including phenoxy) is 1. The number of amides is 2. The summed E-state index contributed by atoms with van der Waals surface area (Å²) in [5.74, 6) is 0.170. The number of rotatable bonds is 5. The molecule has 0 aromatic carbocycles. The van der Waals surface area contributed by atoms with Gasteiger partial charge in [-0.15, -0.1) is 0 Å². The van der Waals surface area contributed by atoms with E-state index in [9.17, 15) is 14.7 Å². The van der Waals surface area contributed by atoms with Crippen LogP contribution in [0.4, 0.5) is 4.79 Å². The van der Waals surface area contributed by atoms with Gasteiger partial charge in [0.15, 0.2) is 0 Å². The van der Waals surface area contributed by atoms with Gasteiger partial charge in [0.05, 0.1) is 5.60 Å². The molecule has 0 aromatic heterocycles. The van der Waals surface area contributed by atoms with Crippen LogP contribution in [0.25, 0.3) is 0 Å². The summed E-state index contributed by atoms with van der Waals surface area (Å²) in [6, 6.07) is 0.918. The molecule has 4 aliphatic rings. The van der Waals surface area contributed by atoms with Gasteiger partial charge in [0.1, 0.15) is 0 Å². The number of nitrogens with zero attached hydrogens (tertiary/aromatic N) is 3. The lowest BCUT2D eigenvalue weighted by Crippen LogP contribution is -2.58. The van der Waals surface area contributed by atoms with E-state index in [1.165, 1.54) is 6.42 Å². The lowest BCUT2D eigenvalue weighted by atomic mass is 9.64. The molecule has 28 heavy (non-hydrogen) atoms. The van der Waals surface area contributed by atoms with Gasteiger partial charge in [0.2, 0.25) is 5.91 Å². The minimum Gasteiger partial charge on any atom is -0.465 e. The van der Waals surface area contributed by atoms with Crippen molar-refractivity contribution in [3.63, 3.8) is 0 Å². The van der Waals surface area contributed by atoms with Gasteiger partial charge in [-0.25, -0.2) is 4.79 Å². The number of piperidine rings is 1. The van der Waals surface area contributed by atoms with E-state index in [1.807, 2.05) is 0 Å². The number of carboxylic acid groups (broad SMARTS) is 1. The maximum absolute atomic E-state index is 12.3. The number of likely N-dealkylation sites (tertiary alicyclic amines) is 2. The zero-order valence-corrected chi connectivity index (χ0v) is 17.4. The number of hydrogen-bond acceptors (Lipinski definition) is 4. The highest BCUT2D eigenvalue weighted by molar-refractivity contribution is 5.73. The summed E-state index contributed by atoms with van der Waals surface area (Å²) in [6.07, 6.45) is 7.88. The maximum Gasteiger partial charge on any atom is 0.407 e. The molecule has 2 amide bonds. The van der Waals surface area contributed by atoms with E-state index in [-0.39, 0.29) is 16.9 Å². The van der Waals surface area contributed by atoms with Crippen LogP contribution >= 0.6 is 0 Å². The zero-order valence-electron chi connectivity index (χ0n) is 17.4. The highest BCUT2D eigenvalue weighted by Crippen LogP contribution is 2.50. The van der Waals surface area contributed by atoms with Crippen molar-refractivity contribution in [1.29, 1.82) is 0 Å². The molecule has 7 heteroatoms. The van der Waals surface area contributed by atoms with Crippen molar-refractivity contribution < 1.29 is 19.4 Å². The van der Waals surface area contributed by atoms with Gasteiger partial charge in [-0.2, -0.15) is 0 Å². The fourth-order valence-corrected chi connectivity index (χ4v) is 6.00. The fourth-order valence-electron chi connectivity index (χ4n) is 6.00. The Kier molecular flexibility index (Phi) is 5.33. The Morgan fingerprint density at radius 2 is 1.82 bits per heavy atom. The lowest BCUT2D eigenvalue weighted by Gasteiger charge is -2.53. The SMILES string of the molecule is COC1(CN(C(C)=O)C2CCN(C3CC4(CCN(C(=O)O)C4)C3)CC2)CCC1. The van der Waals surface area contributed by atoms with Gasteiger partial charge < -0.3 is 24.5 Å². The molecular weight excluding hydrogens is 358 g/mol. The van der Waals surface area contributed by atoms with Gasteiger partial charge in [0.25, 0.3) is 0 Å². The number of carbonyl (C=O) groups excluding carboxylic acids is 1. The zero-order chi connectivity index (χ0) is 19.9. The average Bonchev–Trinajstić information content (AvgIpc) is 3.06. The van der Waals surface area contributed by atoms with Crippen molar-refractivity contribution in [2.45, 2.75) is 76.0 Å². The van der Waals surface area contributed by atoms with Gasteiger partial charge in [-0.05, 0) is 56.8 Å². The molecule has 4 fully saturated rings. The quantitative estimate of drug-likeness (QED) is 0.776. The molecule has 0 radical (unpaired) electrons. The molecule has 0 bridgehead atoms. The molecular formula is C21H35N3O4. The first kappa shape index (κ1) is 20.0. The van der Waals surface area contributed by atoms with Crippen molar-refractivity contribution in [1.82, 2.24) is 14.7 Å². The Bertz CT molecular complexity index is 601. The minimum atomic E-state index is -0.772. The van der Waals surface area contributed by atoms with Gasteiger partial charge in [-0.1, -0.05) is 0 Å². The largest absolute Gasteiger partial charge is 0.465 e. The molecule has 158 valence electrons. The molecule has 0 aromatic rings. The second-order valence-corrected chi connectivity index (χ2v) is 9.67. The lowest BCUT2D eigenvalue weighted by molar-refractivity contribution is -0.145. The summed E-state index contributed by atoms with van der Waals surface area (Å²) < 4.78 is 5.76. The van der Waals surface area contributed by atoms with Crippen LogP contribution in [0.15, 0.2) is 0 Å². The predicted octanol–water partition coefficient (Wildman–Crippen LogP) is 2.40. The Hall–Kier alpha value is -1.34. The second kappa shape index (κ2) is 7.48. The van der Waals surface area contributed by atoms with Crippen LogP contribution in [0, 0.1) is 5.41 Å². The Labute approximate surface area is 168 Å². The standard InChI is InChI=1S/C21H35N3O4/c1-16(25)24(15-21(28-2)6-3-7-21)17-4-9-22(10-5-17)18-12-20(13-18)8-11-23(14-20)19(26)27/h17-18H,3-15H2,1-2H3,(H,26,27). The van der Waals surface area contributed by atoms with Crippen LogP contribution in [0.2, 0.25) is 0 Å². The van der Waals surface area contributed by atoms with Crippen LogP contribution in [-0.4, -0.2) is 89.3 Å². The molecule has 7 nitrogen and oxygen atoms in total. The third kappa shape index (κ3) is 3.63. The monoisotopic (exact) mass is 393 g/mol. The van der Waals surface area contributed by atoms with Crippen LogP contribution in [0.5, 0.6) is 0 Å². The molecule has 2 aliphatic heterocycles. The summed E-state index contributed by atoms with van der Waals surface area (Å²) in [6.45, 7) is 5.92. The second-order valence-electron chi connectivity index (χ2n) is 9.67. The van der Waals surface area contributed by atoms with E-state index in [0.717, 1.165) is 64.6 Å². The van der Waals surface area contributed by atoms with E-state index in [0.29, 0.717) is 25.2 Å². The highest BCUT2D eigenvalue weighted by Gasteiger charge is 2.51. The summed E-state index contributed by atoms with van der Waals surface area (Å²) in [5.41, 5.74) is 0.127. The van der Waals surface area contributed by atoms with Gasteiger partial charge in [0, 0.05) is 58.8 Å². The van der Waals surface area contributed by atoms with E-state index in [1.54, 1.807) is 18.9 Å². The molecule has 1 N–H and O–H groups in total. The molecule has 4 rings (SSSR count). The first-order valence-electron chi connectivity index (χ1n) is 10.9. The summed E-state index contributed by atoms with van der Waals surface area (Å²) >= 11 is 0. The first-order chi connectivity index (χ1) is 13.4. The molecule has 2 aliphatic carbocycles. The molecule has 0 atom stereocenters. The molecule has 0 unspecified atom stereocenters. The topological polar surface area (TPSA) is 73.3 Å². The molecule has 2 heterocycles. The van der Waals surface area contributed by atoms with Crippen LogP contribution < -0.4 is 0 Å². The Morgan fingerprint density at radius 1 is 1.14 bits per heavy atom. The van der Waals surface area contributed by atoms with Crippen LogP contribution in [0.1, 0.15) is 58.3 Å². The maximum atomic E-state index is 12.3. The van der Waals surface area contributed by atoms with Crippen molar-refractivity contribution >= 4 is 12.0 Å². The number of carbonyl (C=O) groups is 2. The van der Waals surface area contributed by atoms with Crippen molar-refractivity contribution in [2.24, 2.45) is 5.41 Å². The Morgan fingerprint density at radius 3 is 2.29 bits per heavy atom. The normalized spacial score (nSPS) is 32.8. The summed E-state index contributed by atoms with van der Waals surface area (Å²) in [7, 11) is 1.78. The summed E-state index contributed by atoms with van der Waals surface area (Å²) in [4.78, 5) is 29.7. The number of methoxy groups -OCH3 is 1. The molecule has 1 spiro atoms. The predicted molar refractivity (Wildman–Crippen MR) is 105 cm³/mol. The van der Waals surface area contributed by atoms with E-state index >= 15 is 0 Å². The average molecular weight is 394 g/mol. The van der Waals surface area contributed by atoms with E-state index in [4.69, 9.17) is 4.74 Å². The Balaban J connectivity index is 1.27.